The number of hydrogen-bond acceptors (Lipinski definition) is 9. The summed E-state index contributed by atoms with van der Waals surface area (Å²) in [5.74, 6) is 0.209. The molecule has 4 aromatic heterocycles. The van der Waals surface area contributed by atoms with Crippen molar-refractivity contribution in [2.24, 2.45) is 0 Å². The van der Waals surface area contributed by atoms with E-state index in [0.29, 0.717) is 24.6 Å². The monoisotopic (exact) mass is 594 g/mol. The van der Waals surface area contributed by atoms with Crippen molar-refractivity contribution in [2.45, 2.75) is 62.4 Å². The number of aliphatic hydroxyl groups excluding tert-OH is 1. The van der Waals surface area contributed by atoms with Gasteiger partial charge in [-0.15, -0.1) is 0 Å². The molecule has 0 unspecified atom stereocenters. The van der Waals surface area contributed by atoms with Crippen LogP contribution in [0.2, 0.25) is 0 Å². The largest absolute Gasteiger partial charge is 0.433 e. The van der Waals surface area contributed by atoms with Gasteiger partial charge < -0.3 is 25.6 Å². The fraction of sp³-hybridized carbons (Fsp3) is 0.483. The number of aromatic nitrogens is 6. The Kier molecular flexibility index (Phi) is 8.04. The van der Waals surface area contributed by atoms with E-state index in [1.807, 2.05) is 23.1 Å². The van der Waals surface area contributed by atoms with E-state index in [1.165, 1.54) is 6.33 Å². The molecule has 5 heterocycles. The zero-order chi connectivity index (χ0) is 30.0. The summed E-state index contributed by atoms with van der Waals surface area (Å²) < 4.78 is 42.4. The molecule has 0 radical (unpaired) electrons. The summed E-state index contributed by atoms with van der Waals surface area (Å²) in [5, 5.41) is 30.3. The maximum Gasteiger partial charge on any atom is 0.433 e. The third kappa shape index (κ3) is 6.06. The summed E-state index contributed by atoms with van der Waals surface area (Å²) in [4.78, 5) is 18.1. The molecular formula is C29H33F3N10O. The van der Waals surface area contributed by atoms with Crippen molar-refractivity contribution in [1.29, 1.82) is 5.26 Å². The van der Waals surface area contributed by atoms with E-state index in [9.17, 15) is 18.4 Å². The first-order valence-electron chi connectivity index (χ1n) is 14.4. The van der Waals surface area contributed by atoms with Crippen LogP contribution in [0.4, 0.5) is 19.0 Å². The molecule has 14 heteroatoms. The molecule has 6 rings (SSSR count). The minimum atomic E-state index is -4.55. The lowest BCUT2D eigenvalue weighted by molar-refractivity contribution is -0.141. The van der Waals surface area contributed by atoms with Gasteiger partial charge in [-0.05, 0) is 49.4 Å². The number of halogens is 3. The maximum absolute atomic E-state index is 13.5. The standard InChI is InChI=1S/C29H33F3N10O/c30-29(31,32)24-11-19(15-34-7-10-43)12-25(40-24)39-21-2-8-41(9-3-21)22-13-28(14-22,4-5-33)42-17-20(16-38-42)26-23-1-6-35-27(23)37-18-36-26/h1,6,11-12,16-18,21-22,34,43H,2-4,7-10,13-15H2,(H,39,40)(H,35,36,37)/t22-,28-. The van der Waals surface area contributed by atoms with Crippen LogP contribution in [0.1, 0.15) is 43.4 Å². The highest BCUT2D eigenvalue weighted by Gasteiger charge is 2.49. The Morgan fingerprint density at radius 3 is 2.74 bits per heavy atom. The van der Waals surface area contributed by atoms with Gasteiger partial charge in [0.2, 0.25) is 0 Å². The van der Waals surface area contributed by atoms with Crippen LogP contribution in [0.5, 0.6) is 0 Å². The Hall–Kier alpha value is -4.06. The van der Waals surface area contributed by atoms with Gasteiger partial charge >= 0.3 is 6.18 Å². The van der Waals surface area contributed by atoms with Crippen molar-refractivity contribution < 1.29 is 18.3 Å². The topological polar surface area (TPSA) is 144 Å². The number of likely N-dealkylation sites (tertiary alicyclic amines) is 1. The van der Waals surface area contributed by atoms with Gasteiger partial charge in [0, 0.05) is 61.6 Å². The van der Waals surface area contributed by atoms with E-state index in [1.54, 1.807) is 12.3 Å². The SMILES string of the molecule is N#CC[C@]1(n2cc(-c3ncnc4[nH]ccc34)cn2)C[C@H](N2CCC(Nc3cc(CNCCO)cc(C(F)(F)F)n3)CC2)C1. The van der Waals surface area contributed by atoms with Crippen LogP contribution in [-0.2, 0) is 18.3 Å². The van der Waals surface area contributed by atoms with E-state index in [0.717, 1.165) is 67.1 Å². The van der Waals surface area contributed by atoms with Gasteiger partial charge in [0.05, 0.1) is 36.5 Å². The maximum atomic E-state index is 13.5. The van der Waals surface area contributed by atoms with Gasteiger partial charge in [-0.2, -0.15) is 23.5 Å². The predicted octanol–water partition coefficient (Wildman–Crippen LogP) is 3.66. The van der Waals surface area contributed by atoms with Crippen molar-refractivity contribution in [3.05, 3.63) is 54.4 Å². The average molecular weight is 595 g/mol. The molecule has 43 heavy (non-hydrogen) atoms. The highest BCUT2D eigenvalue weighted by atomic mass is 19.4. The van der Waals surface area contributed by atoms with Gasteiger partial charge in [-0.25, -0.2) is 15.0 Å². The van der Waals surface area contributed by atoms with E-state index in [4.69, 9.17) is 5.11 Å². The molecule has 1 aliphatic heterocycles. The average Bonchev–Trinajstić information content (AvgIpc) is 3.65. The molecule has 1 saturated carbocycles. The first kappa shape index (κ1) is 29.0. The minimum absolute atomic E-state index is 0.00114. The fourth-order valence-corrected chi connectivity index (χ4v) is 6.28. The molecule has 0 spiro atoms. The van der Waals surface area contributed by atoms with Crippen LogP contribution in [0, 0.1) is 11.3 Å². The lowest BCUT2D eigenvalue weighted by Crippen LogP contribution is -2.58. The molecule has 0 aromatic carbocycles. The summed E-state index contributed by atoms with van der Waals surface area (Å²) in [5.41, 5.74) is 1.55. The molecular weight excluding hydrogens is 561 g/mol. The van der Waals surface area contributed by atoms with E-state index in [2.05, 4.69) is 46.6 Å². The number of nitriles is 1. The smallest absolute Gasteiger partial charge is 0.395 e. The van der Waals surface area contributed by atoms with Crippen LogP contribution in [0.15, 0.2) is 43.1 Å². The highest BCUT2D eigenvalue weighted by molar-refractivity contribution is 5.90. The molecule has 2 fully saturated rings. The van der Waals surface area contributed by atoms with Crippen LogP contribution in [0.3, 0.4) is 0 Å². The number of nitrogens with one attached hydrogen (secondary N) is 3. The number of H-pyrrole nitrogens is 1. The molecule has 11 nitrogen and oxygen atoms in total. The number of anilines is 1. The summed E-state index contributed by atoms with van der Waals surface area (Å²) >= 11 is 0. The fourth-order valence-electron chi connectivity index (χ4n) is 6.28. The Bertz CT molecular complexity index is 1600. The van der Waals surface area contributed by atoms with Crippen molar-refractivity contribution in [1.82, 2.24) is 39.9 Å². The lowest BCUT2D eigenvalue weighted by Gasteiger charge is -2.52. The summed E-state index contributed by atoms with van der Waals surface area (Å²) in [6, 6.07) is 7.26. The Balaban J connectivity index is 1.08. The van der Waals surface area contributed by atoms with E-state index in [-0.39, 0.29) is 30.6 Å². The quantitative estimate of drug-likeness (QED) is 0.202. The number of fused-ring (bicyclic) bond motifs is 1. The zero-order valence-corrected chi connectivity index (χ0v) is 23.5. The second kappa shape index (κ2) is 11.9. The Morgan fingerprint density at radius 1 is 1.19 bits per heavy atom. The highest BCUT2D eigenvalue weighted by Crippen LogP contribution is 2.45. The van der Waals surface area contributed by atoms with Crippen LogP contribution >= 0.6 is 0 Å². The zero-order valence-electron chi connectivity index (χ0n) is 23.5. The summed E-state index contributed by atoms with van der Waals surface area (Å²) in [6.07, 6.45) is 6.02. The molecule has 1 aliphatic carbocycles. The van der Waals surface area contributed by atoms with Crippen molar-refractivity contribution >= 4 is 16.9 Å². The minimum Gasteiger partial charge on any atom is -0.395 e. The van der Waals surface area contributed by atoms with Gasteiger partial charge in [0.1, 0.15) is 23.5 Å². The molecule has 0 atom stereocenters. The first-order chi connectivity index (χ1) is 20.8. The molecule has 2 aliphatic rings. The number of aromatic amines is 1. The number of nitrogens with zero attached hydrogens (tertiary/aromatic N) is 7. The number of hydrogen-bond donors (Lipinski definition) is 4. The normalized spacial score (nSPS) is 21.5. The molecule has 226 valence electrons. The molecule has 0 amide bonds. The first-order valence-corrected chi connectivity index (χ1v) is 14.4. The summed E-state index contributed by atoms with van der Waals surface area (Å²) in [6.45, 7) is 2.00. The number of alkyl halides is 3. The van der Waals surface area contributed by atoms with Crippen molar-refractivity contribution in [2.75, 3.05) is 31.6 Å². The molecule has 4 aromatic rings. The van der Waals surface area contributed by atoms with Gasteiger partial charge in [-0.3, -0.25) is 4.68 Å². The van der Waals surface area contributed by atoms with Gasteiger partial charge in [-0.1, -0.05) is 0 Å². The second-order valence-electron chi connectivity index (χ2n) is 11.4. The van der Waals surface area contributed by atoms with E-state index < -0.39 is 11.9 Å². The lowest BCUT2D eigenvalue weighted by atomic mass is 9.69. The molecule has 4 N–H and O–H groups in total. The molecule has 0 bridgehead atoms. The number of piperidine rings is 1. The number of pyridine rings is 1. The van der Waals surface area contributed by atoms with Gasteiger partial charge in [0.25, 0.3) is 0 Å². The molecule has 1 saturated heterocycles. The predicted molar refractivity (Wildman–Crippen MR) is 153 cm³/mol. The van der Waals surface area contributed by atoms with Crippen molar-refractivity contribution in [3.63, 3.8) is 0 Å². The summed E-state index contributed by atoms with van der Waals surface area (Å²) in [7, 11) is 0. The van der Waals surface area contributed by atoms with Crippen LogP contribution in [0.25, 0.3) is 22.3 Å². The third-order valence-electron chi connectivity index (χ3n) is 8.53. The van der Waals surface area contributed by atoms with Crippen LogP contribution in [-0.4, -0.2) is 78.0 Å². The Morgan fingerprint density at radius 2 is 2.00 bits per heavy atom. The number of aliphatic hydroxyl groups is 1. The Labute approximate surface area is 246 Å². The van der Waals surface area contributed by atoms with Crippen molar-refractivity contribution in [3.8, 4) is 17.3 Å². The number of rotatable bonds is 10. The second-order valence-corrected chi connectivity index (χ2v) is 11.4. The van der Waals surface area contributed by atoms with E-state index >= 15 is 0 Å². The van der Waals surface area contributed by atoms with Gasteiger partial charge in [0.15, 0.2) is 0 Å². The van der Waals surface area contributed by atoms with Crippen LogP contribution < -0.4 is 10.6 Å². The third-order valence-corrected chi connectivity index (χ3v) is 8.53.